The number of hydrogen-bond acceptors (Lipinski definition) is 2. The smallest absolute Gasteiger partial charge is 0.400 e. The highest BCUT2D eigenvalue weighted by Gasteiger charge is 2.54. The lowest BCUT2D eigenvalue weighted by molar-refractivity contribution is 0.00578. The maximum Gasteiger partial charge on any atom is 0.490 e. The van der Waals surface area contributed by atoms with Crippen LogP contribution in [0.2, 0.25) is 0 Å². The Bertz CT molecular complexity index is 397. The minimum Gasteiger partial charge on any atom is -0.400 e. The van der Waals surface area contributed by atoms with Gasteiger partial charge in [0.15, 0.2) is 0 Å². The summed E-state index contributed by atoms with van der Waals surface area (Å²) in [7, 11) is -0.209. The fourth-order valence-corrected chi connectivity index (χ4v) is 2.72. The summed E-state index contributed by atoms with van der Waals surface area (Å²) in [6, 6.07) is 0. The molecule has 1 unspecified atom stereocenters. The summed E-state index contributed by atoms with van der Waals surface area (Å²) >= 11 is 0. The van der Waals surface area contributed by atoms with Gasteiger partial charge in [-0.3, -0.25) is 0 Å². The molecule has 0 saturated carbocycles. The molecular formula is C16H27BO2. The Morgan fingerprint density at radius 2 is 1.63 bits per heavy atom. The molecule has 0 aromatic heterocycles. The molecule has 1 aliphatic carbocycles. The maximum atomic E-state index is 6.20. The lowest BCUT2D eigenvalue weighted by atomic mass is 9.60. The Labute approximate surface area is 118 Å². The molecule has 0 aromatic rings. The van der Waals surface area contributed by atoms with Crippen LogP contribution in [0, 0.1) is 11.3 Å². The van der Waals surface area contributed by atoms with Gasteiger partial charge in [-0.15, -0.1) is 0 Å². The highest BCUT2D eigenvalue weighted by atomic mass is 16.7. The van der Waals surface area contributed by atoms with Gasteiger partial charge in [0.05, 0.1) is 11.2 Å². The monoisotopic (exact) mass is 262 g/mol. The quantitative estimate of drug-likeness (QED) is 0.660. The second kappa shape index (κ2) is 4.49. The van der Waals surface area contributed by atoms with Crippen molar-refractivity contribution < 1.29 is 9.31 Å². The second-order valence-electron chi connectivity index (χ2n) is 7.84. The van der Waals surface area contributed by atoms with Gasteiger partial charge in [-0.2, -0.15) is 0 Å². The van der Waals surface area contributed by atoms with Gasteiger partial charge < -0.3 is 9.31 Å². The summed E-state index contributed by atoms with van der Waals surface area (Å²) < 4.78 is 12.4. The Hall–Kier alpha value is -0.535. The lowest BCUT2D eigenvalue weighted by Crippen LogP contribution is -2.41. The lowest BCUT2D eigenvalue weighted by Gasteiger charge is -2.34. The van der Waals surface area contributed by atoms with E-state index in [2.05, 4.69) is 66.7 Å². The van der Waals surface area contributed by atoms with E-state index >= 15 is 0 Å². The largest absolute Gasteiger partial charge is 0.490 e. The Kier molecular flexibility index (Phi) is 3.51. The minimum atomic E-state index is -0.262. The van der Waals surface area contributed by atoms with Gasteiger partial charge in [0.1, 0.15) is 0 Å². The summed E-state index contributed by atoms with van der Waals surface area (Å²) in [6.45, 7) is 15.3. The maximum absolute atomic E-state index is 6.20. The Balaban J connectivity index is 2.27. The van der Waals surface area contributed by atoms with Gasteiger partial charge in [-0.1, -0.05) is 39.0 Å². The third-order valence-electron chi connectivity index (χ3n) is 4.77. The molecule has 0 N–H and O–H groups in total. The van der Waals surface area contributed by atoms with Crippen molar-refractivity contribution in [2.24, 2.45) is 11.3 Å². The standard InChI is InChI=1S/C16H27BO2/c1-14(2,3)12-10-8-9-11-13(12)17-18-15(4,5)16(6,7)19-17/h8-9,11-12H,10H2,1-7H3. The van der Waals surface area contributed by atoms with Crippen molar-refractivity contribution in [1.82, 2.24) is 0 Å². The molecule has 2 rings (SSSR count). The first kappa shape index (κ1) is 14.9. The predicted octanol–water partition coefficient (Wildman–Crippen LogP) is 4.17. The van der Waals surface area contributed by atoms with Gasteiger partial charge >= 0.3 is 7.12 Å². The first-order chi connectivity index (χ1) is 8.55. The molecule has 0 aromatic carbocycles. The zero-order valence-corrected chi connectivity index (χ0v) is 13.4. The number of hydrogen-bond donors (Lipinski definition) is 0. The van der Waals surface area contributed by atoms with Crippen LogP contribution in [0.5, 0.6) is 0 Å². The van der Waals surface area contributed by atoms with Crippen molar-refractivity contribution in [3.8, 4) is 0 Å². The Morgan fingerprint density at radius 3 is 2.11 bits per heavy atom. The molecule has 0 spiro atoms. The molecule has 1 saturated heterocycles. The van der Waals surface area contributed by atoms with Crippen molar-refractivity contribution in [2.75, 3.05) is 0 Å². The Morgan fingerprint density at radius 1 is 1.11 bits per heavy atom. The van der Waals surface area contributed by atoms with E-state index < -0.39 is 0 Å². The van der Waals surface area contributed by atoms with E-state index in [1.807, 2.05) is 0 Å². The first-order valence-corrected chi connectivity index (χ1v) is 7.27. The van der Waals surface area contributed by atoms with Gasteiger partial charge in [0, 0.05) is 0 Å². The molecule has 106 valence electrons. The topological polar surface area (TPSA) is 18.5 Å². The van der Waals surface area contributed by atoms with Crippen LogP contribution in [-0.2, 0) is 9.31 Å². The second-order valence-corrected chi connectivity index (χ2v) is 7.84. The molecule has 19 heavy (non-hydrogen) atoms. The van der Waals surface area contributed by atoms with Crippen molar-refractivity contribution in [3.63, 3.8) is 0 Å². The van der Waals surface area contributed by atoms with Gasteiger partial charge in [0.25, 0.3) is 0 Å². The predicted molar refractivity (Wildman–Crippen MR) is 80.9 cm³/mol. The van der Waals surface area contributed by atoms with E-state index in [0.29, 0.717) is 5.92 Å². The van der Waals surface area contributed by atoms with E-state index in [1.54, 1.807) is 0 Å². The van der Waals surface area contributed by atoms with Gasteiger partial charge in [0.2, 0.25) is 0 Å². The van der Waals surface area contributed by atoms with Crippen molar-refractivity contribution in [1.29, 1.82) is 0 Å². The summed E-state index contributed by atoms with van der Waals surface area (Å²) in [4.78, 5) is 0. The molecule has 0 amide bonds. The van der Waals surface area contributed by atoms with E-state index in [0.717, 1.165) is 6.42 Å². The molecule has 2 aliphatic rings. The fourth-order valence-electron chi connectivity index (χ4n) is 2.72. The third kappa shape index (κ3) is 2.68. The molecule has 0 radical (unpaired) electrons. The van der Waals surface area contributed by atoms with Crippen LogP contribution in [0.1, 0.15) is 54.9 Å². The molecule has 0 bridgehead atoms. The van der Waals surface area contributed by atoms with Crippen LogP contribution < -0.4 is 0 Å². The molecule has 1 heterocycles. The number of rotatable bonds is 1. The highest BCUT2D eigenvalue weighted by Crippen LogP contribution is 2.44. The van der Waals surface area contributed by atoms with Crippen LogP contribution >= 0.6 is 0 Å². The van der Waals surface area contributed by atoms with E-state index in [-0.39, 0.29) is 23.7 Å². The van der Waals surface area contributed by atoms with Crippen LogP contribution in [-0.4, -0.2) is 18.3 Å². The van der Waals surface area contributed by atoms with Gasteiger partial charge in [-0.05, 0) is 50.9 Å². The first-order valence-electron chi connectivity index (χ1n) is 7.27. The summed E-state index contributed by atoms with van der Waals surface area (Å²) in [5.41, 5.74) is 0.985. The molecule has 2 nitrogen and oxygen atoms in total. The average Bonchev–Trinajstić information content (AvgIpc) is 2.47. The van der Waals surface area contributed by atoms with Crippen molar-refractivity contribution >= 4 is 7.12 Å². The fraction of sp³-hybridized carbons (Fsp3) is 0.750. The van der Waals surface area contributed by atoms with Crippen LogP contribution in [0.15, 0.2) is 23.7 Å². The van der Waals surface area contributed by atoms with Crippen LogP contribution in [0.3, 0.4) is 0 Å². The zero-order chi connectivity index (χ0) is 14.5. The minimum absolute atomic E-state index is 0.209. The van der Waals surface area contributed by atoms with Crippen molar-refractivity contribution in [2.45, 2.75) is 66.1 Å². The van der Waals surface area contributed by atoms with Crippen molar-refractivity contribution in [3.05, 3.63) is 23.7 Å². The summed E-state index contributed by atoms with van der Waals surface area (Å²) in [6.07, 6.45) is 7.62. The summed E-state index contributed by atoms with van der Waals surface area (Å²) in [5.74, 6) is 0.479. The third-order valence-corrected chi connectivity index (χ3v) is 4.77. The average molecular weight is 262 g/mol. The summed E-state index contributed by atoms with van der Waals surface area (Å²) in [5, 5.41) is 0. The molecular weight excluding hydrogens is 235 g/mol. The van der Waals surface area contributed by atoms with Gasteiger partial charge in [-0.25, -0.2) is 0 Å². The van der Waals surface area contributed by atoms with E-state index in [9.17, 15) is 0 Å². The normalized spacial score (nSPS) is 29.5. The molecule has 1 fully saturated rings. The van der Waals surface area contributed by atoms with E-state index in [4.69, 9.17) is 9.31 Å². The van der Waals surface area contributed by atoms with Crippen LogP contribution in [0.4, 0.5) is 0 Å². The number of allylic oxidation sites excluding steroid dienone is 4. The SMILES string of the molecule is CC(C)(C)C1CC=CC=C1B1OC(C)(C)C(C)(C)O1. The zero-order valence-electron chi connectivity index (χ0n) is 13.4. The molecule has 1 atom stereocenters. The van der Waals surface area contributed by atoms with Crippen LogP contribution in [0.25, 0.3) is 0 Å². The van der Waals surface area contributed by atoms with E-state index in [1.165, 1.54) is 5.47 Å². The molecule has 3 heteroatoms. The highest BCUT2D eigenvalue weighted by molar-refractivity contribution is 6.55. The molecule has 1 aliphatic heterocycles.